The van der Waals surface area contributed by atoms with Gasteiger partial charge in [0.15, 0.2) is 55.5 Å². The number of aliphatic hydroxyl groups is 2. The highest BCUT2D eigenvalue weighted by molar-refractivity contribution is 5.70. The molecule has 0 spiro atoms. The largest absolute Gasteiger partial charge is 0.463 e. The highest BCUT2D eigenvalue weighted by Crippen LogP contribution is 2.35. The molecule has 3 saturated heterocycles. The Morgan fingerprint density at radius 2 is 0.763 bits per heavy atom. The van der Waals surface area contributed by atoms with Crippen molar-refractivity contribution in [2.24, 2.45) is 0 Å². The maximum atomic E-state index is 12.3. The van der Waals surface area contributed by atoms with E-state index in [1.807, 2.05) is 0 Å². The zero-order chi connectivity index (χ0) is 44.3. The molecule has 0 radical (unpaired) electrons. The molecule has 2 N–H and O–H groups in total. The number of rotatable bonds is 16. The van der Waals surface area contributed by atoms with E-state index in [9.17, 15) is 48.6 Å². The van der Waals surface area contributed by atoms with E-state index in [2.05, 4.69) is 0 Å². The Morgan fingerprint density at radius 1 is 0.407 bits per heavy atom. The molecule has 0 bridgehead atoms. The Hall–Kier alpha value is -4.56. The lowest BCUT2D eigenvalue weighted by Crippen LogP contribution is -2.66. The first-order valence-electron chi connectivity index (χ1n) is 18.1. The van der Waals surface area contributed by atoms with Crippen molar-refractivity contribution in [1.29, 1.82) is 0 Å². The molecule has 3 rings (SSSR count). The topological polar surface area (TPSA) is 306 Å². The second-order valence-corrected chi connectivity index (χ2v) is 13.3. The van der Waals surface area contributed by atoms with E-state index in [0.717, 1.165) is 62.5 Å². The molecule has 0 aromatic carbocycles. The van der Waals surface area contributed by atoms with Gasteiger partial charge in [-0.15, -0.1) is 0 Å². The van der Waals surface area contributed by atoms with Crippen LogP contribution in [0.25, 0.3) is 0 Å². The van der Waals surface area contributed by atoms with Gasteiger partial charge in [0.05, 0.1) is 6.61 Å². The third kappa shape index (κ3) is 14.0. The quantitative estimate of drug-likeness (QED) is 0.121. The van der Waals surface area contributed by atoms with E-state index in [4.69, 9.17) is 66.3 Å². The van der Waals surface area contributed by atoms with Crippen molar-refractivity contribution in [2.45, 2.75) is 148 Å². The SMILES string of the molecule is COC1OC(COC2OC(COC(C)=O)C(OC(C)=O)C(OC(C)=O)C2OC(C)=O)C(O)C(OC2OC(COC(C)=O)C(OC(C)=O)C(OC(C)=O)C2OC(C)=O)C1O. The number of carbonyl (C=O) groups excluding carboxylic acids is 8. The molecule has 334 valence electrons. The fourth-order valence-corrected chi connectivity index (χ4v) is 6.36. The summed E-state index contributed by atoms with van der Waals surface area (Å²) in [5, 5.41) is 22.9. The van der Waals surface area contributed by atoms with Crippen LogP contribution < -0.4 is 0 Å². The maximum absolute atomic E-state index is 12.3. The van der Waals surface area contributed by atoms with Crippen molar-refractivity contribution >= 4 is 47.8 Å². The van der Waals surface area contributed by atoms with Crippen molar-refractivity contribution in [1.82, 2.24) is 0 Å². The first-order chi connectivity index (χ1) is 27.6. The number of hydrogen-bond acceptors (Lipinski definition) is 24. The summed E-state index contributed by atoms with van der Waals surface area (Å²) in [6, 6.07) is 0. The van der Waals surface area contributed by atoms with Crippen LogP contribution in [0.2, 0.25) is 0 Å². The standard InChI is InChI=1S/C35H50O24/c1-13(36)47-11-22-26(50-15(3)38)29(52-17(5)40)31(54-19(7)42)34(57-22)49-10-21-24(44)28(25(45)33(46-9)56-21)59-35-32(55-20(8)43)30(53-18(6)41)27(51-16(4)39)23(58-35)12-48-14(2)37/h21-35,44-45H,10-12H2,1-9H3. The average molecular weight is 855 g/mol. The van der Waals surface area contributed by atoms with E-state index in [1.165, 1.54) is 0 Å². The van der Waals surface area contributed by atoms with Gasteiger partial charge in [0.1, 0.15) is 49.8 Å². The van der Waals surface area contributed by atoms with Gasteiger partial charge in [0, 0.05) is 62.5 Å². The summed E-state index contributed by atoms with van der Waals surface area (Å²) in [6.45, 7) is 6.39. The number of ether oxygens (including phenoxy) is 14. The van der Waals surface area contributed by atoms with Crippen LogP contribution in [0.1, 0.15) is 55.4 Å². The number of esters is 8. The summed E-state index contributed by atoms with van der Waals surface area (Å²) >= 11 is 0. The van der Waals surface area contributed by atoms with Crippen molar-refractivity contribution in [3.63, 3.8) is 0 Å². The van der Waals surface area contributed by atoms with Gasteiger partial charge in [-0.1, -0.05) is 0 Å². The molecule has 0 aliphatic carbocycles. The highest BCUT2D eigenvalue weighted by atomic mass is 16.8. The van der Waals surface area contributed by atoms with E-state index in [1.54, 1.807) is 0 Å². The van der Waals surface area contributed by atoms with Crippen molar-refractivity contribution in [2.75, 3.05) is 26.9 Å². The molecule has 3 fully saturated rings. The summed E-state index contributed by atoms with van der Waals surface area (Å²) in [4.78, 5) is 96.8. The molecule has 0 aromatic heterocycles. The van der Waals surface area contributed by atoms with Crippen molar-refractivity contribution < 1.29 is 115 Å². The molecule has 59 heavy (non-hydrogen) atoms. The molecule has 15 unspecified atom stereocenters. The molecule has 0 saturated carbocycles. The van der Waals surface area contributed by atoms with Crippen LogP contribution in [0.5, 0.6) is 0 Å². The highest BCUT2D eigenvalue weighted by Gasteiger charge is 2.57. The third-order valence-electron chi connectivity index (χ3n) is 8.49. The first-order valence-corrected chi connectivity index (χ1v) is 18.1. The molecular formula is C35H50O24. The summed E-state index contributed by atoms with van der Waals surface area (Å²) in [5.74, 6) is -7.00. The van der Waals surface area contributed by atoms with Gasteiger partial charge in [-0.3, -0.25) is 38.4 Å². The van der Waals surface area contributed by atoms with Crippen LogP contribution in [0.4, 0.5) is 0 Å². The van der Waals surface area contributed by atoms with Gasteiger partial charge >= 0.3 is 47.8 Å². The van der Waals surface area contributed by atoms with Crippen LogP contribution >= 0.6 is 0 Å². The first kappa shape index (κ1) is 48.8. The molecule has 0 aromatic rings. The number of carbonyl (C=O) groups is 8. The minimum Gasteiger partial charge on any atom is -0.463 e. The van der Waals surface area contributed by atoms with Gasteiger partial charge in [0.25, 0.3) is 0 Å². The van der Waals surface area contributed by atoms with Crippen LogP contribution in [0.15, 0.2) is 0 Å². The zero-order valence-corrected chi connectivity index (χ0v) is 33.7. The normalized spacial score (nSPS) is 34.3. The lowest BCUT2D eigenvalue weighted by atomic mass is 9.96. The molecule has 24 heteroatoms. The van der Waals surface area contributed by atoms with Gasteiger partial charge in [0.2, 0.25) is 0 Å². The molecule has 3 aliphatic heterocycles. The smallest absolute Gasteiger partial charge is 0.303 e. The van der Waals surface area contributed by atoms with Crippen LogP contribution in [-0.4, -0.2) is 177 Å². The zero-order valence-electron chi connectivity index (χ0n) is 33.7. The minimum atomic E-state index is -1.91. The monoisotopic (exact) mass is 854 g/mol. The Kier molecular flexibility index (Phi) is 18.3. The summed E-state index contributed by atoms with van der Waals surface area (Å²) in [7, 11) is 1.13. The average Bonchev–Trinajstić information content (AvgIpc) is 3.11. The van der Waals surface area contributed by atoms with Gasteiger partial charge in [-0.2, -0.15) is 0 Å². The number of hydrogen-bond donors (Lipinski definition) is 2. The minimum absolute atomic E-state index is 0.565. The predicted molar refractivity (Wildman–Crippen MR) is 182 cm³/mol. The second-order valence-electron chi connectivity index (χ2n) is 13.3. The van der Waals surface area contributed by atoms with E-state index < -0.39 is 160 Å². The molecule has 3 heterocycles. The molecule has 15 atom stereocenters. The van der Waals surface area contributed by atoms with Gasteiger partial charge < -0.3 is 76.5 Å². The van der Waals surface area contributed by atoms with E-state index >= 15 is 0 Å². The van der Waals surface area contributed by atoms with Gasteiger partial charge in [-0.25, -0.2) is 0 Å². The second kappa shape index (κ2) is 22.2. The lowest BCUT2D eigenvalue weighted by Gasteiger charge is -2.48. The van der Waals surface area contributed by atoms with Crippen molar-refractivity contribution in [3.8, 4) is 0 Å². The van der Waals surface area contributed by atoms with Crippen LogP contribution in [-0.2, 0) is 105 Å². The Balaban J connectivity index is 2.00. The number of methoxy groups -OCH3 is 1. The predicted octanol–water partition coefficient (Wildman–Crippen LogP) is -2.35. The van der Waals surface area contributed by atoms with Crippen LogP contribution in [0, 0.1) is 0 Å². The summed E-state index contributed by atoms with van der Waals surface area (Å²) in [6.07, 6.45) is -24.7. The summed E-state index contributed by atoms with van der Waals surface area (Å²) < 4.78 is 77.3. The van der Waals surface area contributed by atoms with Crippen molar-refractivity contribution in [3.05, 3.63) is 0 Å². The molecule has 3 aliphatic rings. The Morgan fingerprint density at radius 3 is 1.15 bits per heavy atom. The van der Waals surface area contributed by atoms with E-state index in [0.29, 0.717) is 0 Å². The fourth-order valence-electron chi connectivity index (χ4n) is 6.36. The molecule has 24 nitrogen and oxygen atoms in total. The van der Waals surface area contributed by atoms with Crippen LogP contribution in [0.3, 0.4) is 0 Å². The molecular weight excluding hydrogens is 804 g/mol. The molecule has 0 amide bonds. The Labute approximate surface area is 337 Å². The van der Waals surface area contributed by atoms with Gasteiger partial charge in [-0.05, 0) is 0 Å². The lowest BCUT2D eigenvalue weighted by molar-refractivity contribution is -0.364. The summed E-state index contributed by atoms with van der Waals surface area (Å²) in [5.41, 5.74) is 0. The maximum Gasteiger partial charge on any atom is 0.303 e. The fraction of sp³-hybridized carbons (Fsp3) is 0.771. The van der Waals surface area contributed by atoms with E-state index in [-0.39, 0.29) is 0 Å². The number of aliphatic hydroxyl groups excluding tert-OH is 2. The Bertz CT molecular complexity index is 1520. The third-order valence-corrected chi connectivity index (χ3v) is 8.49.